The van der Waals surface area contributed by atoms with Gasteiger partial charge in [0, 0.05) is 11.3 Å². The average Bonchev–Trinajstić information content (AvgIpc) is 3.12. The van der Waals surface area contributed by atoms with Crippen LogP contribution in [0.25, 0.3) is 0 Å². The van der Waals surface area contributed by atoms with Crippen LogP contribution in [-0.4, -0.2) is 42.8 Å². The minimum absolute atomic E-state index is 0.0727. The first kappa shape index (κ1) is 15.2. The van der Waals surface area contributed by atoms with Crippen LogP contribution >= 0.6 is 0 Å². The van der Waals surface area contributed by atoms with Gasteiger partial charge in [0.2, 0.25) is 0 Å². The van der Waals surface area contributed by atoms with Crippen molar-refractivity contribution < 1.29 is 24.1 Å². The molecule has 3 aliphatic carbocycles. The number of hydrogen-bond donors (Lipinski definition) is 1. The van der Waals surface area contributed by atoms with Crippen molar-refractivity contribution in [3.05, 3.63) is 12.2 Å². The first-order valence-corrected chi connectivity index (χ1v) is 9.74. The van der Waals surface area contributed by atoms with Crippen molar-refractivity contribution in [1.29, 1.82) is 0 Å². The Morgan fingerprint density at radius 2 is 2.08 bits per heavy atom. The molecule has 5 unspecified atom stereocenters. The molecule has 25 heavy (non-hydrogen) atoms. The number of cyclic esters (lactones) is 1. The molecule has 2 spiro atoms. The second kappa shape index (κ2) is 4.32. The van der Waals surface area contributed by atoms with Gasteiger partial charge >= 0.3 is 5.97 Å². The molecule has 9 atom stereocenters. The summed E-state index contributed by atoms with van der Waals surface area (Å²) in [5.74, 6) is 0.404. The monoisotopic (exact) mass is 346 g/mol. The lowest BCUT2D eigenvalue weighted by Gasteiger charge is -2.59. The molecule has 6 rings (SSSR count). The smallest absolute Gasteiger partial charge is 0.315 e. The minimum atomic E-state index is -0.810. The highest BCUT2D eigenvalue weighted by Crippen LogP contribution is 2.73. The number of aliphatic hydroxyl groups is 1. The molecule has 1 N–H and O–H groups in total. The Hall–Kier alpha value is -0.910. The van der Waals surface area contributed by atoms with E-state index < -0.39 is 11.5 Å². The molecule has 5 nitrogen and oxygen atoms in total. The molecule has 5 heteroatoms. The maximum absolute atomic E-state index is 13.0. The number of esters is 1. The molecule has 6 aliphatic rings. The van der Waals surface area contributed by atoms with Crippen molar-refractivity contribution in [2.24, 2.45) is 34.0 Å². The zero-order valence-corrected chi connectivity index (χ0v) is 14.7. The molecule has 3 heterocycles. The van der Waals surface area contributed by atoms with E-state index in [1.54, 1.807) is 0 Å². The molecule has 0 aromatic carbocycles. The van der Waals surface area contributed by atoms with Crippen LogP contribution in [0.5, 0.6) is 0 Å². The van der Waals surface area contributed by atoms with Gasteiger partial charge in [0.15, 0.2) is 6.29 Å². The van der Waals surface area contributed by atoms with E-state index in [1.807, 2.05) is 0 Å². The van der Waals surface area contributed by atoms with Gasteiger partial charge in [-0.3, -0.25) is 4.79 Å². The summed E-state index contributed by atoms with van der Waals surface area (Å²) in [6.45, 7) is 7.58. The van der Waals surface area contributed by atoms with Gasteiger partial charge in [-0.1, -0.05) is 13.5 Å². The fourth-order valence-electron chi connectivity index (χ4n) is 7.91. The third-order valence-corrected chi connectivity index (χ3v) is 8.91. The maximum Gasteiger partial charge on any atom is 0.315 e. The molecule has 0 amide bonds. The van der Waals surface area contributed by atoms with Gasteiger partial charge in [-0.25, -0.2) is 0 Å². The standard InChI is InChI=1S/C20H26O5/c1-10-11-3-4-12-19(7-11,15(10)21)17(22)24-9-20(12)13-5-6-18(2)8-23-16(25-13)14(18)20/h11-16,21H,1,3-9H2,2H3/t11-,12-,13?,14?,15?,16?,18?,19+,20-/m1/s1. The Labute approximate surface area is 147 Å². The first-order valence-electron chi connectivity index (χ1n) is 9.74. The Morgan fingerprint density at radius 3 is 2.92 bits per heavy atom. The van der Waals surface area contributed by atoms with E-state index in [2.05, 4.69) is 13.5 Å². The number of rotatable bonds is 0. The fourth-order valence-corrected chi connectivity index (χ4v) is 7.91. The van der Waals surface area contributed by atoms with Crippen molar-refractivity contribution in [3.63, 3.8) is 0 Å². The Balaban J connectivity index is 1.54. The lowest BCUT2D eigenvalue weighted by atomic mass is 9.45. The summed E-state index contributed by atoms with van der Waals surface area (Å²) in [7, 11) is 0. The summed E-state index contributed by atoms with van der Waals surface area (Å²) < 4.78 is 18.3. The van der Waals surface area contributed by atoms with Gasteiger partial charge in [-0.2, -0.15) is 0 Å². The number of hydrogen-bond acceptors (Lipinski definition) is 5. The van der Waals surface area contributed by atoms with Gasteiger partial charge in [-0.05, 0) is 54.9 Å². The first-order chi connectivity index (χ1) is 11.9. The van der Waals surface area contributed by atoms with Crippen LogP contribution in [0.3, 0.4) is 0 Å². The summed E-state index contributed by atoms with van der Waals surface area (Å²) in [5.41, 5.74) is -0.0974. The number of fused-ring (bicyclic) bond motifs is 1. The third kappa shape index (κ3) is 1.42. The van der Waals surface area contributed by atoms with E-state index in [0.717, 1.165) is 37.9 Å². The summed E-state index contributed by atoms with van der Waals surface area (Å²) >= 11 is 0. The van der Waals surface area contributed by atoms with Crippen LogP contribution in [0, 0.1) is 34.0 Å². The van der Waals surface area contributed by atoms with E-state index in [9.17, 15) is 9.90 Å². The van der Waals surface area contributed by atoms with Gasteiger partial charge in [0.25, 0.3) is 0 Å². The number of ether oxygens (including phenoxy) is 3. The Bertz CT molecular complexity index is 690. The van der Waals surface area contributed by atoms with Crippen LogP contribution in [0.4, 0.5) is 0 Å². The van der Waals surface area contributed by atoms with E-state index in [-0.39, 0.29) is 46.9 Å². The largest absolute Gasteiger partial charge is 0.464 e. The molecule has 3 saturated heterocycles. The molecule has 3 aliphatic heterocycles. The fraction of sp³-hybridized carbons (Fsp3) is 0.850. The van der Waals surface area contributed by atoms with Crippen LogP contribution in [0.2, 0.25) is 0 Å². The van der Waals surface area contributed by atoms with Crippen molar-refractivity contribution in [2.75, 3.05) is 13.2 Å². The van der Waals surface area contributed by atoms with E-state index in [0.29, 0.717) is 13.0 Å². The number of carbonyl (C=O) groups excluding carboxylic acids is 1. The highest BCUT2D eigenvalue weighted by molar-refractivity contribution is 5.81. The summed E-state index contributed by atoms with van der Waals surface area (Å²) in [5, 5.41) is 11.1. The zero-order chi connectivity index (χ0) is 17.2. The van der Waals surface area contributed by atoms with Crippen molar-refractivity contribution in [1.82, 2.24) is 0 Å². The number of carbonyl (C=O) groups is 1. The molecule has 3 saturated carbocycles. The summed E-state index contributed by atoms with van der Waals surface area (Å²) in [6.07, 6.45) is 3.88. The van der Waals surface area contributed by atoms with Crippen LogP contribution < -0.4 is 0 Å². The maximum atomic E-state index is 13.0. The average molecular weight is 346 g/mol. The van der Waals surface area contributed by atoms with Crippen molar-refractivity contribution in [3.8, 4) is 0 Å². The van der Waals surface area contributed by atoms with E-state index >= 15 is 0 Å². The third-order valence-electron chi connectivity index (χ3n) is 8.91. The predicted molar refractivity (Wildman–Crippen MR) is 87.2 cm³/mol. The minimum Gasteiger partial charge on any atom is -0.464 e. The van der Waals surface area contributed by atoms with Gasteiger partial charge in [0.1, 0.15) is 12.0 Å². The Kier molecular flexibility index (Phi) is 2.62. The molecule has 4 bridgehead atoms. The summed E-state index contributed by atoms with van der Waals surface area (Å²) in [6, 6.07) is 0. The molecule has 0 aromatic heterocycles. The zero-order valence-electron chi connectivity index (χ0n) is 14.7. The molecule has 136 valence electrons. The van der Waals surface area contributed by atoms with Gasteiger partial charge < -0.3 is 19.3 Å². The molecule has 0 radical (unpaired) electrons. The molecular formula is C20H26O5. The van der Waals surface area contributed by atoms with Crippen molar-refractivity contribution >= 4 is 5.97 Å². The van der Waals surface area contributed by atoms with Gasteiger partial charge in [-0.15, -0.1) is 0 Å². The second-order valence-corrected chi connectivity index (χ2v) is 9.71. The normalized spacial score (nSPS) is 61.5. The topological polar surface area (TPSA) is 65.0 Å². The van der Waals surface area contributed by atoms with Crippen LogP contribution in [0.1, 0.15) is 39.0 Å². The van der Waals surface area contributed by atoms with Gasteiger partial charge in [0.05, 0.1) is 18.8 Å². The molecule has 6 fully saturated rings. The van der Waals surface area contributed by atoms with Crippen molar-refractivity contribution in [2.45, 2.75) is 57.5 Å². The van der Waals surface area contributed by atoms with E-state index in [1.165, 1.54) is 0 Å². The summed E-state index contributed by atoms with van der Waals surface area (Å²) in [4.78, 5) is 13.0. The SMILES string of the molecule is C=C1C(O)[C@]23C[C@H]1CC[C@H]2[C@]1(COC3=O)C2CCC3(C)COC(O2)C31. The predicted octanol–water partition coefficient (Wildman–Crippen LogP) is 2.03. The second-order valence-electron chi connectivity index (χ2n) is 9.71. The highest BCUT2D eigenvalue weighted by Gasteiger charge is 2.78. The Morgan fingerprint density at radius 1 is 1.24 bits per heavy atom. The lowest BCUT2D eigenvalue weighted by molar-refractivity contribution is -0.227. The van der Waals surface area contributed by atoms with Crippen LogP contribution in [-0.2, 0) is 19.0 Å². The van der Waals surface area contributed by atoms with Crippen LogP contribution in [0.15, 0.2) is 12.2 Å². The quantitative estimate of drug-likeness (QED) is 0.537. The molecular weight excluding hydrogens is 320 g/mol. The molecule has 0 aromatic rings. The van der Waals surface area contributed by atoms with E-state index in [4.69, 9.17) is 14.2 Å². The number of aliphatic hydroxyl groups excluding tert-OH is 1. The lowest BCUT2D eigenvalue weighted by Crippen LogP contribution is -2.66. The highest BCUT2D eigenvalue weighted by atomic mass is 16.7.